The van der Waals surface area contributed by atoms with Crippen molar-refractivity contribution < 1.29 is 25.6 Å². The second kappa shape index (κ2) is 9.77. The van der Waals surface area contributed by atoms with Crippen molar-refractivity contribution >= 4 is 48.9 Å². The topological polar surface area (TPSA) is 111 Å². The quantitative estimate of drug-likeness (QED) is 0.341. The highest BCUT2D eigenvalue weighted by molar-refractivity contribution is 7.92. The monoisotopic (exact) mass is 572 g/mol. The van der Waals surface area contributed by atoms with Gasteiger partial charge in [-0.05, 0) is 54.1 Å². The number of nitrogens with one attached hydrogen (secondary N) is 1. The maximum absolute atomic E-state index is 14.9. The number of hydrogen-bond donors (Lipinski definition) is 1. The SMILES string of the molecule is Cn1cnc(S(=O)(=O)Nc2cc(C(c3cc(F)ccc3F)S(=O)(=O)c3ccc(Cl)cc3)c(Cl)cn2)c1. The number of aromatic nitrogens is 3. The van der Waals surface area contributed by atoms with Crippen LogP contribution < -0.4 is 4.72 Å². The Labute approximate surface area is 215 Å². The van der Waals surface area contributed by atoms with Gasteiger partial charge in [0, 0.05) is 30.0 Å². The molecule has 1 N–H and O–H groups in total. The Balaban J connectivity index is 1.89. The number of hydrogen-bond acceptors (Lipinski definition) is 6. The Morgan fingerprint density at radius 3 is 2.28 bits per heavy atom. The Kier molecular flexibility index (Phi) is 7.06. The van der Waals surface area contributed by atoms with Crippen molar-refractivity contribution in [1.29, 1.82) is 0 Å². The van der Waals surface area contributed by atoms with Crippen LogP contribution >= 0.6 is 23.2 Å². The molecule has 4 aromatic rings. The van der Waals surface area contributed by atoms with E-state index in [1.54, 1.807) is 7.05 Å². The number of sulfonamides is 1. The van der Waals surface area contributed by atoms with Crippen molar-refractivity contribution in [3.05, 3.63) is 100 Å². The Bertz CT molecular complexity index is 1660. The second-order valence-electron chi connectivity index (χ2n) is 7.62. The van der Waals surface area contributed by atoms with Crippen LogP contribution in [-0.4, -0.2) is 31.4 Å². The summed E-state index contributed by atoms with van der Waals surface area (Å²) in [6.07, 6.45) is 3.53. The Morgan fingerprint density at radius 1 is 0.944 bits per heavy atom. The number of benzene rings is 2. The molecular weight excluding hydrogens is 557 g/mol. The molecule has 0 spiro atoms. The van der Waals surface area contributed by atoms with Crippen LogP contribution in [-0.2, 0) is 26.9 Å². The Morgan fingerprint density at radius 2 is 1.64 bits per heavy atom. The van der Waals surface area contributed by atoms with Crippen molar-refractivity contribution in [1.82, 2.24) is 14.5 Å². The fourth-order valence-corrected chi connectivity index (χ4v) is 6.62. The molecule has 2 aromatic carbocycles. The number of nitrogens with zero attached hydrogens (tertiary/aromatic N) is 3. The van der Waals surface area contributed by atoms with Crippen LogP contribution in [0, 0.1) is 11.6 Å². The number of aryl methyl sites for hydroxylation is 1. The molecule has 188 valence electrons. The molecule has 36 heavy (non-hydrogen) atoms. The lowest BCUT2D eigenvalue weighted by atomic mass is 10.0. The van der Waals surface area contributed by atoms with Gasteiger partial charge in [-0.2, -0.15) is 8.42 Å². The summed E-state index contributed by atoms with van der Waals surface area (Å²) in [5.74, 6) is -2.21. The lowest BCUT2D eigenvalue weighted by Gasteiger charge is -2.21. The lowest BCUT2D eigenvalue weighted by Crippen LogP contribution is -2.19. The molecule has 0 bridgehead atoms. The van der Waals surface area contributed by atoms with Gasteiger partial charge in [-0.15, -0.1) is 0 Å². The van der Waals surface area contributed by atoms with E-state index in [-0.39, 0.29) is 31.3 Å². The highest BCUT2D eigenvalue weighted by atomic mass is 35.5. The van der Waals surface area contributed by atoms with E-state index >= 15 is 0 Å². The van der Waals surface area contributed by atoms with Gasteiger partial charge in [-0.3, -0.25) is 4.72 Å². The third kappa shape index (κ3) is 5.21. The number of halogens is 4. The van der Waals surface area contributed by atoms with E-state index in [0.29, 0.717) is 0 Å². The maximum Gasteiger partial charge on any atom is 0.282 e. The average Bonchev–Trinajstić information content (AvgIpc) is 3.26. The van der Waals surface area contributed by atoms with E-state index in [4.69, 9.17) is 23.2 Å². The first-order valence-electron chi connectivity index (χ1n) is 9.99. The lowest BCUT2D eigenvalue weighted by molar-refractivity contribution is 0.569. The number of imidazole rings is 1. The number of sulfone groups is 1. The van der Waals surface area contributed by atoms with Crippen molar-refractivity contribution in [3.63, 3.8) is 0 Å². The molecule has 8 nitrogen and oxygen atoms in total. The molecule has 2 heterocycles. The summed E-state index contributed by atoms with van der Waals surface area (Å²) in [7, 11) is -7.10. The number of pyridine rings is 1. The number of rotatable bonds is 7. The van der Waals surface area contributed by atoms with Crippen molar-refractivity contribution in [2.45, 2.75) is 15.2 Å². The van der Waals surface area contributed by atoms with Gasteiger partial charge in [-0.1, -0.05) is 23.2 Å². The van der Waals surface area contributed by atoms with Gasteiger partial charge in [0.05, 0.1) is 16.2 Å². The smallest absolute Gasteiger partial charge is 0.282 e. The molecule has 1 atom stereocenters. The van der Waals surface area contributed by atoms with Crippen LogP contribution in [0.1, 0.15) is 16.4 Å². The van der Waals surface area contributed by atoms with Crippen LogP contribution in [0.4, 0.5) is 14.6 Å². The summed E-state index contributed by atoms with van der Waals surface area (Å²) < 4.78 is 85.5. The van der Waals surface area contributed by atoms with Gasteiger partial charge in [0.25, 0.3) is 10.0 Å². The van der Waals surface area contributed by atoms with Gasteiger partial charge >= 0.3 is 0 Å². The predicted molar refractivity (Wildman–Crippen MR) is 130 cm³/mol. The fourth-order valence-electron chi connectivity index (χ4n) is 3.41. The molecule has 0 fully saturated rings. The van der Waals surface area contributed by atoms with Gasteiger partial charge in [-0.25, -0.2) is 27.2 Å². The van der Waals surface area contributed by atoms with Crippen LogP contribution in [0.15, 0.2) is 77.2 Å². The van der Waals surface area contributed by atoms with Crippen LogP contribution in [0.5, 0.6) is 0 Å². The van der Waals surface area contributed by atoms with Gasteiger partial charge < -0.3 is 4.57 Å². The van der Waals surface area contributed by atoms with Gasteiger partial charge in [0.1, 0.15) is 22.7 Å². The zero-order chi connectivity index (χ0) is 26.3. The van der Waals surface area contributed by atoms with Crippen molar-refractivity contribution in [2.24, 2.45) is 7.05 Å². The first-order valence-corrected chi connectivity index (χ1v) is 13.8. The third-order valence-electron chi connectivity index (χ3n) is 5.06. The molecule has 0 aliphatic carbocycles. The zero-order valence-electron chi connectivity index (χ0n) is 18.2. The minimum absolute atomic E-state index is 0.220. The molecule has 4 rings (SSSR count). The summed E-state index contributed by atoms with van der Waals surface area (Å²) in [4.78, 5) is 7.43. The first-order chi connectivity index (χ1) is 16.9. The molecule has 2 aromatic heterocycles. The molecule has 0 saturated carbocycles. The molecule has 0 aliphatic heterocycles. The number of anilines is 1. The van der Waals surface area contributed by atoms with E-state index in [9.17, 15) is 25.6 Å². The summed E-state index contributed by atoms with van der Waals surface area (Å²) in [6, 6.07) is 8.48. The molecule has 0 radical (unpaired) electrons. The van der Waals surface area contributed by atoms with E-state index in [1.165, 1.54) is 41.4 Å². The minimum Gasteiger partial charge on any atom is -0.339 e. The standard InChI is InChI=1S/C22H16Cl2F2N4O4S2/c1-30-11-21(28-12-30)36(33,34)29-20-9-16(18(24)10-27-20)22(17-8-14(25)4-7-19(17)26)35(31,32)15-5-2-13(23)3-6-15/h2-12,22H,1H3,(H,27,29). The minimum atomic E-state index is -4.47. The normalized spacial score (nSPS) is 12.9. The van der Waals surface area contributed by atoms with Gasteiger partial charge in [0.2, 0.25) is 0 Å². The van der Waals surface area contributed by atoms with E-state index < -0.39 is 42.3 Å². The van der Waals surface area contributed by atoms with E-state index in [2.05, 4.69) is 14.7 Å². The average molecular weight is 573 g/mol. The summed E-state index contributed by atoms with van der Waals surface area (Å²) in [5.41, 5.74) is -0.763. The van der Waals surface area contributed by atoms with Crippen molar-refractivity contribution in [3.8, 4) is 0 Å². The molecule has 0 saturated heterocycles. The van der Waals surface area contributed by atoms with Crippen LogP contribution in [0.2, 0.25) is 10.0 Å². The molecular formula is C22H16Cl2F2N4O4S2. The zero-order valence-corrected chi connectivity index (χ0v) is 21.4. The van der Waals surface area contributed by atoms with E-state index in [0.717, 1.165) is 30.5 Å². The van der Waals surface area contributed by atoms with Gasteiger partial charge in [0.15, 0.2) is 14.9 Å². The first kappa shape index (κ1) is 26.0. The second-order valence-corrected chi connectivity index (χ2v) is 12.1. The van der Waals surface area contributed by atoms with Crippen LogP contribution in [0.3, 0.4) is 0 Å². The van der Waals surface area contributed by atoms with Crippen LogP contribution in [0.25, 0.3) is 0 Å². The molecule has 0 amide bonds. The largest absolute Gasteiger partial charge is 0.339 e. The third-order valence-corrected chi connectivity index (χ3v) is 8.92. The fraction of sp³-hybridized carbons (Fsp3) is 0.0909. The summed E-state index contributed by atoms with van der Waals surface area (Å²) in [6.45, 7) is 0. The van der Waals surface area contributed by atoms with E-state index in [1.807, 2.05) is 0 Å². The highest BCUT2D eigenvalue weighted by Crippen LogP contribution is 2.40. The highest BCUT2D eigenvalue weighted by Gasteiger charge is 2.35. The predicted octanol–water partition coefficient (Wildman–Crippen LogP) is 4.76. The molecule has 0 aliphatic rings. The molecule has 1 unspecified atom stereocenters. The Hall–Kier alpha value is -3.06. The molecule has 14 heteroatoms. The maximum atomic E-state index is 14.9. The summed E-state index contributed by atoms with van der Waals surface area (Å²) >= 11 is 12.2. The van der Waals surface area contributed by atoms with Crippen molar-refractivity contribution in [2.75, 3.05) is 4.72 Å². The summed E-state index contributed by atoms with van der Waals surface area (Å²) in [5, 5.41) is -2.13.